The van der Waals surface area contributed by atoms with Crippen LogP contribution in [0.25, 0.3) is 0 Å². The van der Waals surface area contributed by atoms with Crippen LogP contribution in [0.1, 0.15) is 46.0 Å². The van der Waals surface area contributed by atoms with Gasteiger partial charge in [-0.1, -0.05) is 18.2 Å². The van der Waals surface area contributed by atoms with E-state index >= 15 is 0 Å². The summed E-state index contributed by atoms with van der Waals surface area (Å²) in [7, 11) is 0. The monoisotopic (exact) mass is 434 g/mol. The largest absolute Gasteiger partial charge is 0.427 e. The fourth-order valence-corrected chi connectivity index (χ4v) is 3.46. The Kier molecular flexibility index (Phi) is 6.62. The molecular weight excluding hydrogens is 413 g/mol. The van der Waals surface area contributed by atoms with Crippen molar-refractivity contribution in [1.82, 2.24) is 10.2 Å². The number of nitrogens with one attached hydrogen (secondary N) is 1. The van der Waals surface area contributed by atoms with Gasteiger partial charge < -0.3 is 15.0 Å². The number of rotatable bonds is 4. The number of carbonyl (C=O) groups excluding carboxylic acids is 3. The van der Waals surface area contributed by atoms with Gasteiger partial charge in [0.05, 0.1) is 11.1 Å². The Balaban J connectivity index is 1.60. The second-order valence-corrected chi connectivity index (χ2v) is 7.20. The smallest absolute Gasteiger partial charge is 0.417 e. The van der Waals surface area contributed by atoms with Crippen LogP contribution >= 0.6 is 0 Å². The van der Waals surface area contributed by atoms with Crippen LogP contribution < -0.4 is 10.1 Å². The summed E-state index contributed by atoms with van der Waals surface area (Å²) in [6, 6.07) is 10.6. The number of ether oxygens (including phenoxy) is 1. The third-order valence-corrected chi connectivity index (χ3v) is 4.94. The van der Waals surface area contributed by atoms with E-state index in [0.717, 1.165) is 12.1 Å². The minimum atomic E-state index is -4.62. The maximum absolute atomic E-state index is 13.1. The third kappa shape index (κ3) is 5.62. The van der Waals surface area contributed by atoms with Gasteiger partial charge in [0, 0.05) is 31.6 Å². The first kappa shape index (κ1) is 22.3. The third-order valence-electron chi connectivity index (χ3n) is 4.94. The van der Waals surface area contributed by atoms with Crippen LogP contribution in [0.5, 0.6) is 5.75 Å². The Morgan fingerprint density at radius 3 is 2.35 bits per heavy atom. The van der Waals surface area contributed by atoms with Gasteiger partial charge in [0.25, 0.3) is 11.8 Å². The molecule has 31 heavy (non-hydrogen) atoms. The van der Waals surface area contributed by atoms with E-state index in [1.54, 1.807) is 23.1 Å². The zero-order valence-corrected chi connectivity index (χ0v) is 16.7. The molecule has 0 spiro atoms. The topological polar surface area (TPSA) is 75.7 Å². The lowest BCUT2D eigenvalue weighted by Crippen LogP contribution is -2.46. The summed E-state index contributed by atoms with van der Waals surface area (Å²) in [6.45, 7) is 1.94. The highest BCUT2D eigenvalue weighted by Crippen LogP contribution is 2.32. The highest BCUT2D eigenvalue weighted by Gasteiger charge is 2.35. The quantitative estimate of drug-likeness (QED) is 0.589. The second kappa shape index (κ2) is 9.20. The zero-order valence-electron chi connectivity index (χ0n) is 16.7. The molecule has 0 aliphatic carbocycles. The lowest BCUT2D eigenvalue weighted by molar-refractivity contribution is -0.138. The van der Waals surface area contributed by atoms with Crippen molar-refractivity contribution < 1.29 is 32.3 Å². The SMILES string of the molecule is CC(=O)Oc1cccc(C(=O)N2CCC(NC(=O)c3ccccc3C(F)(F)F)CC2)c1. The molecule has 164 valence electrons. The van der Waals surface area contributed by atoms with Crippen LogP contribution in [0.3, 0.4) is 0 Å². The van der Waals surface area contributed by atoms with Crippen LogP contribution in [0.4, 0.5) is 13.2 Å². The summed E-state index contributed by atoms with van der Waals surface area (Å²) >= 11 is 0. The van der Waals surface area contributed by atoms with E-state index in [2.05, 4.69) is 5.32 Å². The Labute approximate surface area is 177 Å². The van der Waals surface area contributed by atoms with Crippen molar-refractivity contribution in [3.05, 3.63) is 65.2 Å². The molecule has 2 amide bonds. The van der Waals surface area contributed by atoms with Gasteiger partial charge in [-0.25, -0.2) is 0 Å². The molecule has 1 heterocycles. The summed E-state index contributed by atoms with van der Waals surface area (Å²) in [6.07, 6.45) is -3.80. The number of likely N-dealkylation sites (tertiary alicyclic amines) is 1. The van der Waals surface area contributed by atoms with Crippen molar-refractivity contribution in [2.24, 2.45) is 0 Å². The molecular formula is C22H21F3N2O4. The Morgan fingerprint density at radius 1 is 1.03 bits per heavy atom. The van der Waals surface area contributed by atoms with Crippen molar-refractivity contribution >= 4 is 17.8 Å². The molecule has 0 atom stereocenters. The maximum Gasteiger partial charge on any atom is 0.417 e. The molecule has 1 aliphatic heterocycles. The first-order chi connectivity index (χ1) is 14.6. The zero-order chi connectivity index (χ0) is 22.6. The van der Waals surface area contributed by atoms with E-state index < -0.39 is 29.2 Å². The van der Waals surface area contributed by atoms with Gasteiger partial charge in [0.15, 0.2) is 0 Å². The fourth-order valence-electron chi connectivity index (χ4n) is 3.46. The van der Waals surface area contributed by atoms with Crippen LogP contribution in [0.15, 0.2) is 48.5 Å². The molecule has 1 saturated heterocycles. The van der Waals surface area contributed by atoms with Gasteiger partial charge in [-0.2, -0.15) is 13.2 Å². The summed E-state index contributed by atoms with van der Waals surface area (Å²) in [5.74, 6) is -1.26. The minimum absolute atomic E-state index is 0.249. The van der Waals surface area contributed by atoms with Crippen LogP contribution in [0.2, 0.25) is 0 Å². The molecule has 0 bridgehead atoms. The molecule has 1 aliphatic rings. The van der Waals surface area contributed by atoms with Crippen molar-refractivity contribution in [2.45, 2.75) is 32.0 Å². The fraction of sp³-hybridized carbons (Fsp3) is 0.318. The molecule has 0 aromatic heterocycles. The van der Waals surface area contributed by atoms with Gasteiger partial charge in [-0.15, -0.1) is 0 Å². The molecule has 0 saturated carbocycles. The Morgan fingerprint density at radius 2 is 1.71 bits per heavy atom. The molecule has 2 aromatic rings. The Hall–Kier alpha value is -3.36. The molecule has 1 fully saturated rings. The van der Waals surface area contributed by atoms with E-state index in [9.17, 15) is 27.6 Å². The number of halogens is 3. The summed E-state index contributed by atoms with van der Waals surface area (Å²) in [5.41, 5.74) is -1.04. The normalized spacial score (nSPS) is 14.8. The summed E-state index contributed by atoms with van der Waals surface area (Å²) < 4.78 is 44.4. The standard InChI is InChI=1S/C22H21F3N2O4/c1-14(28)31-17-6-4-5-15(13-17)21(30)27-11-9-16(10-12-27)26-20(29)18-7-2-3-8-19(18)22(23,24)25/h2-8,13,16H,9-12H2,1H3,(H,26,29). The molecule has 6 nitrogen and oxygen atoms in total. The maximum atomic E-state index is 13.1. The number of alkyl halides is 3. The van der Waals surface area contributed by atoms with Gasteiger partial charge in [-0.05, 0) is 43.2 Å². The van der Waals surface area contributed by atoms with Gasteiger partial charge in [-0.3, -0.25) is 14.4 Å². The van der Waals surface area contributed by atoms with E-state index in [-0.39, 0.29) is 17.7 Å². The van der Waals surface area contributed by atoms with E-state index in [4.69, 9.17) is 4.74 Å². The molecule has 3 rings (SSSR count). The molecule has 0 unspecified atom stereocenters. The summed E-state index contributed by atoms with van der Waals surface area (Å²) in [5, 5.41) is 2.64. The first-order valence-electron chi connectivity index (χ1n) is 9.70. The molecule has 0 radical (unpaired) electrons. The van der Waals surface area contributed by atoms with Gasteiger partial charge in [0.1, 0.15) is 5.75 Å². The number of amides is 2. The predicted molar refractivity (Wildman–Crippen MR) is 106 cm³/mol. The highest BCUT2D eigenvalue weighted by molar-refractivity contribution is 5.96. The molecule has 2 aromatic carbocycles. The van der Waals surface area contributed by atoms with E-state index in [1.165, 1.54) is 25.1 Å². The second-order valence-electron chi connectivity index (χ2n) is 7.20. The number of nitrogens with zero attached hydrogens (tertiary/aromatic N) is 1. The van der Waals surface area contributed by atoms with Gasteiger partial charge >= 0.3 is 12.1 Å². The van der Waals surface area contributed by atoms with Crippen molar-refractivity contribution in [3.8, 4) is 5.75 Å². The van der Waals surface area contributed by atoms with E-state index in [0.29, 0.717) is 31.5 Å². The Bertz CT molecular complexity index is 983. The predicted octanol–water partition coefficient (Wildman–Crippen LogP) is 3.67. The number of esters is 1. The summed E-state index contributed by atoms with van der Waals surface area (Å²) in [4.78, 5) is 37.8. The van der Waals surface area contributed by atoms with Crippen molar-refractivity contribution in [1.29, 1.82) is 0 Å². The van der Waals surface area contributed by atoms with Crippen LogP contribution in [-0.4, -0.2) is 41.8 Å². The van der Waals surface area contributed by atoms with Crippen molar-refractivity contribution in [3.63, 3.8) is 0 Å². The first-order valence-corrected chi connectivity index (χ1v) is 9.70. The molecule has 9 heteroatoms. The minimum Gasteiger partial charge on any atom is -0.427 e. The van der Waals surface area contributed by atoms with Crippen LogP contribution in [-0.2, 0) is 11.0 Å². The number of piperidine rings is 1. The lowest BCUT2D eigenvalue weighted by Gasteiger charge is -2.32. The average molecular weight is 434 g/mol. The highest BCUT2D eigenvalue weighted by atomic mass is 19.4. The average Bonchev–Trinajstić information content (AvgIpc) is 2.73. The lowest BCUT2D eigenvalue weighted by atomic mass is 10.0. The number of hydrogen-bond acceptors (Lipinski definition) is 4. The molecule has 1 N–H and O–H groups in total. The van der Waals surface area contributed by atoms with E-state index in [1.807, 2.05) is 0 Å². The number of carbonyl (C=O) groups is 3. The van der Waals surface area contributed by atoms with Crippen molar-refractivity contribution in [2.75, 3.05) is 13.1 Å². The van der Waals surface area contributed by atoms with Gasteiger partial charge in [0.2, 0.25) is 0 Å². The van der Waals surface area contributed by atoms with Crippen LogP contribution in [0, 0.1) is 0 Å². The number of benzene rings is 2. The number of hydrogen-bond donors (Lipinski definition) is 1.